The SMILES string of the molecule is CC(=O)c1cccc(CN2CCN(CC(C)C)[C@H](CCO)C2)c1. The van der Waals surface area contributed by atoms with E-state index in [1.165, 1.54) is 5.56 Å². The molecule has 1 aliphatic heterocycles. The minimum atomic E-state index is 0.117. The van der Waals surface area contributed by atoms with Crippen LogP contribution in [0.25, 0.3) is 0 Å². The number of rotatable bonds is 7. The number of ketones is 1. The predicted molar refractivity (Wildman–Crippen MR) is 93.6 cm³/mol. The molecule has 1 aromatic rings. The second-order valence-electron chi connectivity index (χ2n) is 7.05. The molecule has 1 aromatic carbocycles. The molecule has 1 aliphatic rings. The number of hydrogen-bond donors (Lipinski definition) is 1. The van der Waals surface area contributed by atoms with Crippen LogP contribution in [0.3, 0.4) is 0 Å². The highest BCUT2D eigenvalue weighted by molar-refractivity contribution is 5.94. The smallest absolute Gasteiger partial charge is 0.159 e. The molecule has 1 N–H and O–H groups in total. The topological polar surface area (TPSA) is 43.8 Å². The van der Waals surface area contributed by atoms with Crippen LogP contribution in [0.1, 0.15) is 43.1 Å². The van der Waals surface area contributed by atoms with Gasteiger partial charge in [0.1, 0.15) is 0 Å². The molecule has 0 saturated carbocycles. The summed E-state index contributed by atoms with van der Waals surface area (Å²) in [6.45, 7) is 11.4. The molecular formula is C19H30N2O2. The molecule has 0 bridgehead atoms. The second-order valence-corrected chi connectivity index (χ2v) is 7.05. The maximum absolute atomic E-state index is 11.5. The molecule has 2 rings (SSSR count). The van der Waals surface area contributed by atoms with Crippen molar-refractivity contribution < 1.29 is 9.90 Å². The fourth-order valence-electron chi connectivity index (χ4n) is 3.38. The number of piperazine rings is 1. The van der Waals surface area contributed by atoms with E-state index >= 15 is 0 Å². The summed E-state index contributed by atoms with van der Waals surface area (Å²) in [7, 11) is 0. The zero-order chi connectivity index (χ0) is 16.8. The molecule has 0 unspecified atom stereocenters. The van der Waals surface area contributed by atoms with Crippen LogP contribution >= 0.6 is 0 Å². The molecule has 1 heterocycles. The summed E-state index contributed by atoms with van der Waals surface area (Å²) in [4.78, 5) is 16.5. The van der Waals surface area contributed by atoms with Crippen LogP contribution < -0.4 is 0 Å². The van der Waals surface area contributed by atoms with Crippen LogP contribution in [0.5, 0.6) is 0 Å². The van der Waals surface area contributed by atoms with E-state index < -0.39 is 0 Å². The molecule has 0 radical (unpaired) electrons. The van der Waals surface area contributed by atoms with Crippen molar-refractivity contribution in [2.75, 3.05) is 32.8 Å². The van der Waals surface area contributed by atoms with Gasteiger partial charge < -0.3 is 5.11 Å². The zero-order valence-electron chi connectivity index (χ0n) is 14.7. The lowest BCUT2D eigenvalue weighted by molar-refractivity contribution is 0.0477. The molecule has 23 heavy (non-hydrogen) atoms. The number of benzene rings is 1. The van der Waals surface area contributed by atoms with E-state index in [1.807, 2.05) is 18.2 Å². The molecule has 1 saturated heterocycles. The first-order valence-corrected chi connectivity index (χ1v) is 8.66. The maximum atomic E-state index is 11.5. The molecule has 4 heteroatoms. The van der Waals surface area contributed by atoms with Gasteiger partial charge in [0.15, 0.2) is 5.78 Å². The Kier molecular flexibility index (Phi) is 6.75. The van der Waals surface area contributed by atoms with E-state index in [-0.39, 0.29) is 12.4 Å². The number of hydrogen-bond acceptors (Lipinski definition) is 4. The summed E-state index contributed by atoms with van der Waals surface area (Å²) in [5, 5.41) is 9.36. The Morgan fingerprint density at radius 1 is 1.35 bits per heavy atom. The standard InChI is InChI=1S/C19H30N2O2/c1-15(2)12-21-9-8-20(14-19(21)7-10-22)13-17-5-4-6-18(11-17)16(3)23/h4-6,11,15,19,22H,7-10,12-14H2,1-3H3/t19-/m1/s1. The lowest BCUT2D eigenvalue weighted by atomic mass is 10.0. The predicted octanol–water partition coefficient (Wildman–Crippen LogP) is 2.41. The van der Waals surface area contributed by atoms with Crippen LogP contribution in [0.2, 0.25) is 0 Å². The highest BCUT2D eigenvalue weighted by atomic mass is 16.3. The number of aliphatic hydroxyl groups is 1. The van der Waals surface area contributed by atoms with Gasteiger partial charge in [0.25, 0.3) is 0 Å². The number of nitrogens with zero attached hydrogens (tertiary/aromatic N) is 2. The molecule has 4 nitrogen and oxygen atoms in total. The zero-order valence-corrected chi connectivity index (χ0v) is 14.7. The summed E-state index contributed by atoms with van der Waals surface area (Å²) >= 11 is 0. The Bertz CT molecular complexity index is 516. The fraction of sp³-hybridized carbons (Fsp3) is 0.632. The molecule has 0 aromatic heterocycles. The lowest BCUT2D eigenvalue weighted by Gasteiger charge is -2.42. The van der Waals surface area contributed by atoms with Gasteiger partial charge in [0, 0.05) is 50.9 Å². The Labute approximate surface area is 140 Å². The molecule has 0 amide bonds. The summed E-state index contributed by atoms with van der Waals surface area (Å²) in [6, 6.07) is 8.36. The Balaban J connectivity index is 1.99. The van der Waals surface area contributed by atoms with Gasteiger partial charge in [0.2, 0.25) is 0 Å². The Morgan fingerprint density at radius 3 is 2.78 bits per heavy atom. The van der Waals surface area contributed by atoms with Crippen LogP contribution in [0, 0.1) is 5.92 Å². The third-order valence-electron chi connectivity index (χ3n) is 4.49. The summed E-state index contributed by atoms with van der Waals surface area (Å²) in [5.41, 5.74) is 1.98. The number of aliphatic hydroxyl groups excluding tert-OH is 1. The van der Waals surface area contributed by atoms with Gasteiger partial charge in [-0.25, -0.2) is 0 Å². The van der Waals surface area contributed by atoms with Gasteiger partial charge in [-0.3, -0.25) is 14.6 Å². The Morgan fingerprint density at radius 2 is 2.13 bits per heavy atom. The van der Waals surface area contributed by atoms with Crippen LogP contribution in [0.4, 0.5) is 0 Å². The van der Waals surface area contributed by atoms with Gasteiger partial charge in [-0.05, 0) is 30.9 Å². The van der Waals surface area contributed by atoms with Crippen LogP contribution in [-0.2, 0) is 6.54 Å². The van der Waals surface area contributed by atoms with Gasteiger partial charge in [-0.2, -0.15) is 0 Å². The average molecular weight is 318 g/mol. The van der Waals surface area contributed by atoms with E-state index in [9.17, 15) is 9.90 Å². The van der Waals surface area contributed by atoms with E-state index in [4.69, 9.17) is 0 Å². The summed E-state index contributed by atoms with van der Waals surface area (Å²) < 4.78 is 0. The summed E-state index contributed by atoms with van der Waals surface area (Å²) in [5.74, 6) is 0.766. The first-order valence-electron chi connectivity index (χ1n) is 8.66. The molecule has 1 atom stereocenters. The minimum Gasteiger partial charge on any atom is -0.396 e. The van der Waals surface area contributed by atoms with Gasteiger partial charge in [-0.15, -0.1) is 0 Å². The molecule has 1 fully saturated rings. The monoisotopic (exact) mass is 318 g/mol. The maximum Gasteiger partial charge on any atom is 0.159 e. The number of carbonyl (C=O) groups excluding carboxylic acids is 1. The van der Waals surface area contributed by atoms with Gasteiger partial charge in [-0.1, -0.05) is 32.0 Å². The first-order chi connectivity index (χ1) is 11.0. The number of Topliss-reactive ketones (excluding diaryl/α,β-unsaturated/α-hetero) is 1. The summed E-state index contributed by atoms with van der Waals surface area (Å²) in [6.07, 6.45) is 0.830. The van der Waals surface area contributed by atoms with Crippen LogP contribution in [-0.4, -0.2) is 59.5 Å². The highest BCUT2D eigenvalue weighted by Gasteiger charge is 2.26. The minimum absolute atomic E-state index is 0.117. The highest BCUT2D eigenvalue weighted by Crippen LogP contribution is 2.17. The van der Waals surface area contributed by atoms with Crippen molar-refractivity contribution in [1.82, 2.24) is 9.80 Å². The van der Waals surface area contributed by atoms with Crippen molar-refractivity contribution in [1.29, 1.82) is 0 Å². The molecule has 128 valence electrons. The first kappa shape index (κ1) is 18.1. The Hall–Kier alpha value is -1.23. The van der Waals surface area contributed by atoms with Crippen molar-refractivity contribution >= 4 is 5.78 Å². The lowest BCUT2D eigenvalue weighted by Crippen LogP contribution is -2.53. The largest absolute Gasteiger partial charge is 0.396 e. The van der Waals surface area contributed by atoms with E-state index in [2.05, 4.69) is 29.7 Å². The van der Waals surface area contributed by atoms with Crippen molar-refractivity contribution in [2.45, 2.75) is 39.8 Å². The second kappa shape index (κ2) is 8.57. The number of carbonyl (C=O) groups is 1. The third-order valence-corrected chi connectivity index (χ3v) is 4.49. The normalized spacial score (nSPS) is 20.1. The van der Waals surface area contributed by atoms with Crippen molar-refractivity contribution in [3.63, 3.8) is 0 Å². The van der Waals surface area contributed by atoms with Crippen LogP contribution in [0.15, 0.2) is 24.3 Å². The van der Waals surface area contributed by atoms with Crippen molar-refractivity contribution in [3.8, 4) is 0 Å². The molecule has 0 spiro atoms. The quantitative estimate of drug-likeness (QED) is 0.784. The van der Waals surface area contributed by atoms with Gasteiger partial charge in [0.05, 0.1) is 0 Å². The molecular weight excluding hydrogens is 288 g/mol. The van der Waals surface area contributed by atoms with E-state index in [1.54, 1.807) is 6.92 Å². The fourth-order valence-corrected chi connectivity index (χ4v) is 3.38. The van der Waals surface area contributed by atoms with Gasteiger partial charge >= 0.3 is 0 Å². The average Bonchev–Trinajstić information content (AvgIpc) is 2.50. The van der Waals surface area contributed by atoms with E-state index in [0.717, 1.165) is 44.7 Å². The third kappa shape index (κ3) is 5.41. The van der Waals surface area contributed by atoms with Crippen molar-refractivity contribution in [2.24, 2.45) is 5.92 Å². The van der Waals surface area contributed by atoms with Crippen molar-refractivity contribution in [3.05, 3.63) is 35.4 Å². The van der Waals surface area contributed by atoms with E-state index in [0.29, 0.717) is 12.0 Å². The molecule has 0 aliphatic carbocycles.